The number of nitrogens with zero attached hydrogens (tertiary/aromatic N) is 2. The highest BCUT2D eigenvalue weighted by Gasteiger charge is 2.19. The van der Waals surface area contributed by atoms with Crippen molar-refractivity contribution in [1.29, 1.82) is 0 Å². The molecule has 0 saturated carbocycles. The Morgan fingerprint density at radius 2 is 1.85 bits per heavy atom. The van der Waals surface area contributed by atoms with Crippen LogP contribution in [0, 0.1) is 17.0 Å². The number of fused-ring (bicyclic) bond motifs is 1. The first-order chi connectivity index (χ1) is 9.31. The van der Waals surface area contributed by atoms with Crippen molar-refractivity contribution in [1.82, 2.24) is 14.9 Å². The fourth-order valence-corrected chi connectivity index (χ4v) is 2.12. The Morgan fingerprint density at radius 1 is 1.25 bits per heavy atom. The summed E-state index contributed by atoms with van der Waals surface area (Å²) in [4.78, 5) is 40.1. The maximum atomic E-state index is 11.5. The first-order valence-electron chi connectivity index (χ1n) is 5.89. The van der Waals surface area contributed by atoms with Crippen molar-refractivity contribution in [2.75, 3.05) is 14.1 Å². The molecule has 0 saturated heterocycles. The fraction of sp³-hybridized carbons (Fsp3) is 0.333. The van der Waals surface area contributed by atoms with Crippen LogP contribution in [0.1, 0.15) is 11.1 Å². The van der Waals surface area contributed by atoms with Crippen molar-refractivity contribution in [3.63, 3.8) is 0 Å². The second kappa shape index (κ2) is 4.89. The molecule has 0 bridgehead atoms. The van der Waals surface area contributed by atoms with E-state index in [1.165, 1.54) is 6.07 Å². The predicted molar refractivity (Wildman–Crippen MR) is 74.0 cm³/mol. The van der Waals surface area contributed by atoms with E-state index in [1.54, 1.807) is 6.92 Å². The molecule has 0 aliphatic heterocycles. The number of H-pyrrole nitrogens is 2. The second-order valence-electron chi connectivity index (χ2n) is 4.82. The van der Waals surface area contributed by atoms with Crippen LogP contribution in [-0.2, 0) is 6.54 Å². The number of nitro groups is 1. The van der Waals surface area contributed by atoms with Crippen LogP contribution in [0.2, 0.25) is 0 Å². The minimum absolute atomic E-state index is 0.0861. The minimum atomic E-state index is -0.827. The highest BCUT2D eigenvalue weighted by molar-refractivity contribution is 5.82. The zero-order valence-corrected chi connectivity index (χ0v) is 11.3. The van der Waals surface area contributed by atoms with Gasteiger partial charge in [0.25, 0.3) is 5.69 Å². The van der Waals surface area contributed by atoms with E-state index in [4.69, 9.17) is 0 Å². The number of hydrogen-bond donors (Lipinski definition) is 2. The lowest BCUT2D eigenvalue weighted by Crippen LogP contribution is -2.29. The summed E-state index contributed by atoms with van der Waals surface area (Å²) >= 11 is 0. The number of rotatable bonds is 3. The van der Waals surface area contributed by atoms with E-state index >= 15 is 0 Å². The lowest BCUT2D eigenvalue weighted by Gasteiger charge is -2.14. The summed E-state index contributed by atoms with van der Waals surface area (Å²) in [5.74, 6) is 0. The normalized spacial score (nSPS) is 11.2. The van der Waals surface area contributed by atoms with Gasteiger partial charge >= 0.3 is 11.1 Å². The van der Waals surface area contributed by atoms with Crippen LogP contribution in [0.3, 0.4) is 0 Å². The van der Waals surface area contributed by atoms with Crippen molar-refractivity contribution in [2.24, 2.45) is 0 Å². The summed E-state index contributed by atoms with van der Waals surface area (Å²) in [5.41, 5.74) is 0.0795. The van der Waals surface area contributed by atoms with Crippen LogP contribution in [0.4, 0.5) is 5.69 Å². The van der Waals surface area contributed by atoms with Gasteiger partial charge in [0.1, 0.15) is 0 Å². The minimum Gasteiger partial charge on any atom is -0.316 e. The van der Waals surface area contributed by atoms with E-state index in [-0.39, 0.29) is 11.2 Å². The van der Waals surface area contributed by atoms with Gasteiger partial charge < -0.3 is 14.9 Å². The molecule has 0 spiro atoms. The lowest BCUT2D eigenvalue weighted by molar-refractivity contribution is -0.385. The summed E-state index contributed by atoms with van der Waals surface area (Å²) in [6.07, 6.45) is 0. The zero-order valence-electron chi connectivity index (χ0n) is 11.3. The van der Waals surface area contributed by atoms with Gasteiger partial charge in [0, 0.05) is 23.7 Å². The summed E-state index contributed by atoms with van der Waals surface area (Å²) in [6.45, 7) is 2.03. The molecule has 0 fully saturated rings. The number of hydrogen-bond acceptors (Lipinski definition) is 5. The lowest BCUT2D eigenvalue weighted by atomic mass is 10.0. The zero-order chi connectivity index (χ0) is 15.0. The van der Waals surface area contributed by atoms with Crippen molar-refractivity contribution < 1.29 is 4.92 Å². The van der Waals surface area contributed by atoms with Gasteiger partial charge in [-0.3, -0.25) is 19.7 Å². The van der Waals surface area contributed by atoms with Crippen LogP contribution < -0.4 is 11.1 Å². The topological polar surface area (TPSA) is 112 Å². The summed E-state index contributed by atoms with van der Waals surface area (Å²) in [5, 5.41) is 11.1. The van der Waals surface area contributed by atoms with E-state index in [9.17, 15) is 19.7 Å². The van der Waals surface area contributed by atoms with Gasteiger partial charge in [0.2, 0.25) is 0 Å². The number of aromatic amines is 2. The third kappa shape index (κ3) is 2.32. The molecule has 0 amide bonds. The molecular weight excluding hydrogens is 264 g/mol. The number of aromatic nitrogens is 2. The molecule has 0 radical (unpaired) electrons. The highest BCUT2D eigenvalue weighted by Crippen LogP contribution is 2.28. The molecule has 2 aromatic rings. The van der Waals surface area contributed by atoms with Crippen LogP contribution in [0.15, 0.2) is 15.7 Å². The van der Waals surface area contributed by atoms with Crippen LogP contribution in [0.5, 0.6) is 0 Å². The van der Waals surface area contributed by atoms with Crippen molar-refractivity contribution in [3.8, 4) is 0 Å². The number of nitro benzene ring substituents is 1. The molecule has 0 aliphatic carbocycles. The van der Waals surface area contributed by atoms with E-state index < -0.39 is 16.0 Å². The first-order valence-corrected chi connectivity index (χ1v) is 5.89. The molecule has 0 aliphatic rings. The van der Waals surface area contributed by atoms with Gasteiger partial charge in [-0.1, -0.05) is 0 Å². The van der Waals surface area contributed by atoms with E-state index in [0.29, 0.717) is 23.2 Å². The third-order valence-corrected chi connectivity index (χ3v) is 3.05. The highest BCUT2D eigenvalue weighted by atomic mass is 16.6. The molecule has 8 heteroatoms. The molecule has 106 valence electrons. The van der Waals surface area contributed by atoms with E-state index in [2.05, 4.69) is 9.97 Å². The largest absolute Gasteiger partial charge is 0.316 e. The number of benzene rings is 1. The number of nitrogens with one attached hydrogen (secondary N) is 2. The smallest absolute Gasteiger partial charge is 0.314 e. The van der Waals surface area contributed by atoms with Gasteiger partial charge in [-0.25, -0.2) is 0 Å². The van der Waals surface area contributed by atoms with Crippen molar-refractivity contribution in [2.45, 2.75) is 13.5 Å². The van der Waals surface area contributed by atoms with E-state index in [0.717, 1.165) is 0 Å². The Balaban J connectivity index is 2.92. The summed E-state index contributed by atoms with van der Waals surface area (Å²) in [6, 6.07) is 1.27. The standard InChI is InChI=1S/C12H14N4O4/c1-6-7(5-15(2)3)10-8(4-9(6)16(19)20)13-11(17)12(18)14-10/h4H,5H2,1-3H3,(H,13,17)(H,14,18). The Hall–Kier alpha value is -2.48. The maximum absolute atomic E-state index is 11.5. The summed E-state index contributed by atoms with van der Waals surface area (Å²) in [7, 11) is 3.63. The van der Waals surface area contributed by atoms with Gasteiger partial charge in [0.15, 0.2) is 0 Å². The molecule has 0 atom stereocenters. The van der Waals surface area contributed by atoms with Gasteiger partial charge in [-0.2, -0.15) is 0 Å². The molecular formula is C12H14N4O4. The van der Waals surface area contributed by atoms with Gasteiger partial charge in [0.05, 0.1) is 16.0 Å². The molecule has 1 aromatic carbocycles. The first kappa shape index (κ1) is 13.9. The Bertz CT molecular complexity index is 803. The van der Waals surface area contributed by atoms with Crippen LogP contribution >= 0.6 is 0 Å². The quantitative estimate of drug-likeness (QED) is 0.482. The Morgan fingerprint density at radius 3 is 2.40 bits per heavy atom. The SMILES string of the molecule is Cc1c([N+](=O)[O-])cc2[nH]c(=O)c(=O)[nH]c2c1CN(C)C. The van der Waals surface area contributed by atoms with E-state index in [1.807, 2.05) is 19.0 Å². The molecule has 0 unspecified atom stereocenters. The van der Waals surface area contributed by atoms with Crippen molar-refractivity contribution in [3.05, 3.63) is 48.0 Å². The molecule has 2 rings (SSSR count). The van der Waals surface area contributed by atoms with Gasteiger partial charge in [-0.05, 0) is 21.0 Å². The van der Waals surface area contributed by atoms with Gasteiger partial charge in [-0.15, -0.1) is 0 Å². The Kier molecular flexibility index (Phi) is 3.41. The molecule has 1 heterocycles. The molecule has 8 nitrogen and oxygen atoms in total. The average molecular weight is 278 g/mol. The maximum Gasteiger partial charge on any atom is 0.314 e. The monoisotopic (exact) mass is 278 g/mol. The van der Waals surface area contributed by atoms with Crippen molar-refractivity contribution >= 4 is 16.7 Å². The van der Waals surface area contributed by atoms with Crippen LogP contribution in [0.25, 0.3) is 11.0 Å². The average Bonchev–Trinajstić information content (AvgIpc) is 2.34. The fourth-order valence-electron chi connectivity index (χ4n) is 2.12. The summed E-state index contributed by atoms with van der Waals surface area (Å²) < 4.78 is 0. The Labute approximate surface area is 113 Å². The van der Waals surface area contributed by atoms with Crippen LogP contribution in [-0.4, -0.2) is 33.9 Å². The third-order valence-electron chi connectivity index (χ3n) is 3.05. The predicted octanol–water partition coefficient (Wildman–Crippen LogP) is 0.495. The second-order valence-corrected chi connectivity index (χ2v) is 4.82. The molecule has 2 N–H and O–H groups in total. The molecule has 20 heavy (non-hydrogen) atoms. The molecule has 1 aromatic heterocycles.